The summed E-state index contributed by atoms with van der Waals surface area (Å²) in [5.41, 5.74) is 3.99. The molecule has 2 heterocycles. The predicted molar refractivity (Wildman–Crippen MR) is 133 cm³/mol. The van der Waals surface area contributed by atoms with Gasteiger partial charge in [0.1, 0.15) is 5.01 Å². The molecule has 7 nitrogen and oxygen atoms in total. The number of benzene rings is 2. The lowest BCUT2D eigenvalue weighted by molar-refractivity contribution is -0.115. The van der Waals surface area contributed by atoms with Crippen LogP contribution >= 0.6 is 11.3 Å². The summed E-state index contributed by atoms with van der Waals surface area (Å²) in [5.74, 6) is -0.574. The highest BCUT2D eigenvalue weighted by Crippen LogP contribution is 2.25. The molecular formula is C26H29N3O4S. The second kappa shape index (κ2) is 11.9. The van der Waals surface area contributed by atoms with Crippen LogP contribution in [0.5, 0.6) is 0 Å². The number of carbonyl (C=O) groups is 2. The molecule has 1 aromatic heterocycles. The Morgan fingerprint density at radius 2 is 1.97 bits per heavy atom. The first kappa shape index (κ1) is 24.1. The van der Waals surface area contributed by atoms with E-state index in [1.807, 2.05) is 12.3 Å². The fourth-order valence-electron chi connectivity index (χ4n) is 3.71. The highest BCUT2D eigenvalue weighted by atomic mass is 32.1. The van der Waals surface area contributed by atoms with Crippen LogP contribution < -0.4 is 5.32 Å². The summed E-state index contributed by atoms with van der Waals surface area (Å²) in [5, 5.41) is 5.66. The molecule has 0 aliphatic carbocycles. The molecule has 0 atom stereocenters. The number of anilines is 1. The second-order valence-electron chi connectivity index (χ2n) is 8.17. The quantitative estimate of drug-likeness (QED) is 0.459. The monoisotopic (exact) mass is 479 g/mol. The van der Waals surface area contributed by atoms with Gasteiger partial charge in [-0.3, -0.25) is 9.69 Å². The van der Waals surface area contributed by atoms with E-state index in [-0.39, 0.29) is 12.3 Å². The Balaban J connectivity index is 1.35. The lowest BCUT2D eigenvalue weighted by Gasteiger charge is -2.26. The number of rotatable bonds is 9. The van der Waals surface area contributed by atoms with E-state index in [9.17, 15) is 9.59 Å². The Kier molecular flexibility index (Phi) is 8.41. The highest BCUT2D eigenvalue weighted by Gasteiger charge is 2.14. The van der Waals surface area contributed by atoms with Gasteiger partial charge in [0.15, 0.2) is 0 Å². The van der Waals surface area contributed by atoms with Gasteiger partial charge >= 0.3 is 5.97 Å². The maximum absolute atomic E-state index is 12.6. The van der Waals surface area contributed by atoms with Gasteiger partial charge in [0.05, 0.1) is 37.5 Å². The Morgan fingerprint density at radius 1 is 1.15 bits per heavy atom. The number of esters is 1. The molecule has 178 valence electrons. The molecule has 1 fully saturated rings. The zero-order valence-corrected chi connectivity index (χ0v) is 20.1. The van der Waals surface area contributed by atoms with Crippen LogP contribution in [0, 0.1) is 0 Å². The third-order valence-corrected chi connectivity index (χ3v) is 6.34. The molecule has 0 bridgehead atoms. The normalized spacial score (nSPS) is 14.0. The van der Waals surface area contributed by atoms with Crippen molar-refractivity contribution in [1.82, 2.24) is 9.88 Å². The topological polar surface area (TPSA) is 80.8 Å². The number of morpholine rings is 1. The van der Waals surface area contributed by atoms with Crippen molar-refractivity contribution in [2.24, 2.45) is 0 Å². The maximum atomic E-state index is 12.6. The standard InChI is InChI=1S/C26H29N3O4S/c1-2-11-33-26(31)21-7-4-8-22(15-21)27-24(30)16-23-18-34-25(28-23)20-6-3-5-19(14-20)17-29-9-12-32-13-10-29/h3-8,14-15,18H,2,9-13,16-17H2,1H3,(H,27,30). The molecule has 1 saturated heterocycles. The van der Waals surface area contributed by atoms with Crippen LogP contribution in [0.3, 0.4) is 0 Å². The molecule has 1 aliphatic rings. The summed E-state index contributed by atoms with van der Waals surface area (Å²) in [6.45, 7) is 6.67. The summed E-state index contributed by atoms with van der Waals surface area (Å²) < 4.78 is 10.6. The lowest BCUT2D eigenvalue weighted by atomic mass is 10.1. The number of nitrogens with one attached hydrogen (secondary N) is 1. The Hall–Kier alpha value is -3.07. The molecule has 0 saturated carbocycles. The lowest BCUT2D eigenvalue weighted by Crippen LogP contribution is -2.35. The average Bonchev–Trinajstić information content (AvgIpc) is 3.32. The fraction of sp³-hybridized carbons (Fsp3) is 0.346. The van der Waals surface area contributed by atoms with Crippen molar-refractivity contribution in [3.05, 3.63) is 70.7 Å². The van der Waals surface area contributed by atoms with Gasteiger partial charge in [-0.15, -0.1) is 11.3 Å². The van der Waals surface area contributed by atoms with Gasteiger partial charge in [-0.2, -0.15) is 0 Å². The van der Waals surface area contributed by atoms with Crippen molar-refractivity contribution in [3.8, 4) is 10.6 Å². The van der Waals surface area contributed by atoms with Crippen LogP contribution in [0.4, 0.5) is 5.69 Å². The van der Waals surface area contributed by atoms with Gasteiger partial charge < -0.3 is 14.8 Å². The van der Waals surface area contributed by atoms with E-state index in [4.69, 9.17) is 9.47 Å². The minimum Gasteiger partial charge on any atom is -0.462 e. The van der Waals surface area contributed by atoms with Gasteiger partial charge in [-0.25, -0.2) is 9.78 Å². The van der Waals surface area contributed by atoms with E-state index >= 15 is 0 Å². The largest absolute Gasteiger partial charge is 0.462 e. The molecule has 2 aromatic carbocycles. The van der Waals surface area contributed by atoms with Crippen LogP contribution in [0.25, 0.3) is 10.6 Å². The predicted octanol–water partition coefficient (Wildman–Crippen LogP) is 4.39. The molecule has 0 unspecified atom stereocenters. The Morgan fingerprint density at radius 3 is 2.79 bits per heavy atom. The first-order chi connectivity index (χ1) is 16.6. The minimum absolute atomic E-state index is 0.161. The van der Waals surface area contributed by atoms with Crippen LogP contribution in [-0.2, 0) is 27.2 Å². The first-order valence-corrected chi connectivity index (χ1v) is 12.4. The molecule has 0 spiro atoms. The number of hydrogen-bond acceptors (Lipinski definition) is 7. The van der Waals surface area contributed by atoms with E-state index < -0.39 is 5.97 Å². The number of carbonyl (C=O) groups excluding carboxylic acids is 2. The smallest absolute Gasteiger partial charge is 0.338 e. The molecule has 3 aromatic rings. The molecular weight excluding hydrogens is 450 g/mol. The SMILES string of the molecule is CCCOC(=O)c1cccc(NC(=O)Cc2csc(-c3cccc(CN4CCOCC4)c3)n2)c1. The molecule has 8 heteroatoms. The van der Waals surface area contributed by atoms with Crippen molar-refractivity contribution in [3.63, 3.8) is 0 Å². The van der Waals surface area contributed by atoms with Crippen LogP contribution in [0.2, 0.25) is 0 Å². The number of ether oxygens (including phenoxy) is 2. The van der Waals surface area contributed by atoms with Gasteiger partial charge in [0.2, 0.25) is 5.91 Å². The number of hydrogen-bond donors (Lipinski definition) is 1. The maximum Gasteiger partial charge on any atom is 0.338 e. The van der Waals surface area contributed by atoms with Crippen LogP contribution in [-0.4, -0.2) is 54.7 Å². The fourth-order valence-corrected chi connectivity index (χ4v) is 4.53. The minimum atomic E-state index is -0.391. The zero-order valence-electron chi connectivity index (χ0n) is 19.3. The van der Waals surface area contributed by atoms with E-state index in [0.29, 0.717) is 17.9 Å². The molecule has 34 heavy (non-hydrogen) atoms. The number of thiazole rings is 1. The summed E-state index contributed by atoms with van der Waals surface area (Å²) >= 11 is 1.53. The Bertz CT molecular complexity index is 1120. The molecule has 0 radical (unpaired) electrons. The average molecular weight is 480 g/mol. The van der Waals surface area contributed by atoms with Gasteiger partial charge in [-0.1, -0.05) is 31.2 Å². The van der Waals surface area contributed by atoms with Crippen molar-refractivity contribution >= 4 is 28.9 Å². The number of nitrogens with zero attached hydrogens (tertiary/aromatic N) is 2. The molecule has 4 rings (SSSR count). The highest BCUT2D eigenvalue weighted by molar-refractivity contribution is 7.13. The number of aromatic nitrogens is 1. The second-order valence-corrected chi connectivity index (χ2v) is 9.03. The van der Waals surface area contributed by atoms with Gasteiger partial charge in [0.25, 0.3) is 0 Å². The van der Waals surface area contributed by atoms with E-state index in [0.717, 1.165) is 55.5 Å². The van der Waals surface area contributed by atoms with Crippen LogP contribution in [0.1, 0.15) is 35.0 Å². The van der Waals surface area contributed by atoms with E-state index in [1.165, 1.54) is 16.9 Å². The summed E-state index contributed by atoms with van der Waals surface area (Å²) in [7, 11) is 0. The molecule has 1 amide bonds. The summed E-state index contributed by atoms with van der Waals surface area (Å²) in [6, 6.07) is 15.2. The van der Waals surface area contributed by atoms with E-state index in [2.05, 4.69) is 39.5 Å². The zero-order chi connectivity index (χ0) is 23.8. The van der Waals surface area contributed by atoms with Gasteiger partial charge in [-0.05, 0) is 36.2 Å². The van der Waals surface area contributed by atoms with Crippen molar-refractivity contribution in [2.45, 2.75) is 26.3 Å². The van der Waals surface area contributed by atoms with Crippen molar-refractivity contribution in [2.75, 3.05) is 38.2 Å². The number of amides is 1. The summed E-state index contributed by atoms with van der Waals surface area (Å²) in [4.78, 5) is 31.7. The van der Waals surface area contributed by atoms with Crippen LogP contribution in [0.15, 0.2) is 53.9 Å². The van der Waals surface area contributed by atoms with Gasteiger partial charge in [0, 0.05) is 36.3 Å². The van der Waals surface area contributed by atoms with E-state index in [1.54, 1.807) is 24.3 Å². The molecule has 1 N–H and O–H groups in total. The third kappa shape index (κ3) is 6.72. The Labute approximate surface area is 203 Å². The van der Waals surface area contributed by atoms with Crippen molar-refractivity contribution < 1.29 is 19.1 Å². The summed E-state index contributed by atoms with van der Waals surface area (Å²) in [6.07, 6.45) is 0.921. The van der Waals surface area contributed by atoms with Crippen molar-refractivity contribution in [1.29, 1.82) is 0 Å². The molecule has 1 aliphatic heterocycles. The third-order valence-electron chi connectivity index (χ3n) is 5.40. The first-order valence-electron chi connectivity index (χ1n) is 11.5.